The lowest BCUT2D eigenvalue weighted by Gasteiger charge is -2.08. The maximum Gasteiger partial charge on any atom is 0.237 e. The summed E-state index contributed by atoms with van der Waals surface area (Å²) < 4.78 is 7.29. The van der Waals surface area contributed by atoms with Crippen LogP contribution in [0.4, 0.5) is 5.82 Å². The third kappa shape index (κ3) is 3.21. The van der Waals surface area contributed by atoms with Gasteiger partial charge in [0.1, 0.15) is 5.75 Å². The molecule has 1 N–H and O–H groups in total. The molecule has 0 saturated heterocycles. The zero-order valence-electron chi connectivity index (χ0n) is 13.6. The van der Waals surface area contributed by atoms with Crippen molar-refractivity contribution in [2.24, 2.45) is 5.92 Å². The van der Waals surface area contributed by atoms with Crippen molar-refractivity contribution in [3.05, 3.63) is 48.2 Å². The summed E-state index contributed by atoms with van der Waals surface area (Å²) in [6.07, 6.45) is 3.51. The van der Waals surface area contributed by atoms with Gasteiger partial charge in [0.25, 0.3) is 0 Å². The fraction of sp³-hybridized carbons (Fsp3) is 0.222. The van der Waals surface area contributed by atoms with Crippen LogP contribution < -0.4 is 10.1 Å². The zero-order chi connectivity index (χ0) is 17.4. The van der Waals surface area contributed by atoms with Crippen molar-refractivity contribution in [3.63, 3.8) is 0 Å². The van der Waals surface area contributed by atoms with E-state index in [-0.39, 0.29) is 17.6 Å². The molecule has 1 fully saturated rings. The number of nitrogens with one attached hydrogen (secondary N) is 1. The van der Waals surface area contributed by atoms with Crippen molar-refractivity contribution in [1.82, 2.24) is 14.6 Å². The van der Waals surface area contributed by atoms with Gasteiger partial charge in [0, 0.05) is 12.0 Å². The molecule has 2 heterocycles. The molecule has 1 saturated carbocycles. The van der Waals surface area contributed by atoms with Gasteiger partial charge >= 0.3 is 0 Å². The Morgan fingerprint density at radius 2 is 2.00 bits per heavy atom. The molecule has 1 aliphatic carbocycles. The molecular weight excluding hydrogens is 320 g/mol. The van der Waals surface area contributed by atoms with Crippen LogP contribution in [0.3, 0.4) is 0 Å². The number of benzene rings is 1. The summed E-state index contributed by atoms with van der Waals surface area (Å²) in [6, 6.07) is 10.4. The second-order valence-corrected chi connectivity index (χ2v) is 6.02. The van der Waals surface area contributed by atoms with Crippen LogP contribution in [0.2, 0.25) is 0 Å². The van der Waals surface area contributed by atoms with E-state index in [1.165, 1.54) is 11.4 Å². The molecule has 0 aliphatic heterocycles. The van der Waals surface area contributed by atoms with E-state index in [9.17, 15) is 9.59 Å². The van der Waals surface area contributed by atoms with Crippen molar-refractivity contribution >= 4 is 23.2 Å². The number of aromatic nitrogens is 3. The molecule has 7 heteroatoms. The van der Waals surface area contributed by atoms with Crippen molar-refractivity contribution in [1.29, 1.82) is 0 Å². The van der Waals surface area contributed by atoms with Crippen LogP contribution in [0.1, 0.15) is 30.1 Å². The highest BCUT2D eigenvalue weighted by molar-refractivity contribution is 5.96. The molecule has 7 nitrogen and oxygen atoms in total. The normalized spacial score (nSPS) is 13.6. The number of amides is 1. The third-order valence-electron chi connectivity index (χ3n) is 3.98. The Balaban J connectivity index is 1.58. The van der Waals surface area contributed by atoms with Gasteiger partial charge in [0.2, 0.25) is 11.8 Å². The SMILES string of the molecule is CC(=O)c1ccccc1Oc1ccc2nc(NC(=O)C3CC3)cn2n1. The van der Waals surface area contributed by atoms with E-state index in [0.717, 1.165) is 12.8 Å². The number of ketones is 1. The van der Waals surface area contributed by atoms with E-state index >= 15 is 0 Å². The van der Waals surface area contributed by atoms with Gasteiger partial charge in [-0.15, -0.1) is 5.10 Å². The summed E-state index contributed by atoms with van der Waals surface area (Å²) >= 11 is 0. The molecule has 1 amide bonds. The highest BCUT2D eigenvalue weighted by Gasteiger charge is 2.30. The molecule has 126 valence electrons. The van der Waals surface area contributed by atoms with Gasteiger partial charge in [-0.05, 0) is 38.0 Å². The van der Waals surface area contributed by atoms with Crippen molar-refractivity contribution in [2.75, 3.05) is 5.32 Å². The Bertz CT molecular complexity index is 975. The molecule has 25 heavy (non-hydrogen) atoms. The highest BCUT2D eigenvalue weighted by Crippen LogP contribution is 2.30. The second kappa shape index (κ2) is 6.01. The van der Waals surface area contributed by atoms with Crippen molar-refractivity contribution in [2.45, 2.75) is 19.8 Å². The lowest BCUT2D eigenvalue weighted by molar-refractivity contribution is -0.117. The van der Waals surface area contributed by atoms with Gasteiger partial charge in [-0.1, -0.05) is 12.1 Å². The monoisotopic (exact) mass is 336 g/mol. The van der Waals surface area contributed by atoms with Gasteiger partial charge in [-0.3, -0.25) is 9.59 Å². The van der Waals surface area contributed by atoms with E-state index in [1.54, 1.807) is 42.6 Å². The first-order valence-electron chi connectivity index (χ1n) is 8.05. The number of imidazole rings is 1. The molecule has 3 aromatic rings. The number of anilines is 1. The first-order chi connectivity index (χ1) is 12.1. The first kappa shape index (κ1) is 15.3. The average Bonchev–Trinajstić information content (AvgIpc) is 3.36. The maximum absolute atomic E-state index is 11.8. The van der Waals surface area contributed by atoms with E-state index in [1.807, 2.05) is 0 Å². The van der Waals surface area contributed by atoms with Crippen LogP contribution in [0.5, 0.6) is 11.6 Å². The molecule has 4 rings (SSSR count). The fourth-order valence-corrected chi connectivity index (χ4v) is 2.51. The number of fused-ring (bicyclic) bond motifs is 1. The topological polar surface area (TPSA) is 85.6 Å². The summed E-state index contributed by atoms with van der Waals surface area (Å²) in [5.74, 6) is 1.27. The summed E-state index contributed by atoms with van der Waals surface area (Å²) in [6.45, 7) is 1.49. The molecule has 0 unspecified atom stereocenters. The van der Waals surface area contributed by atoms with E-state index in [4.69, 9.17) is 4.74 Å². The largest absolute Gasteiger partial charge is 0.437 e. The Labute approximate surface area is 143 Å². The summed E-state index contributed by atoms with van der Waals surface area (Å²) in [4.78, 5) is 27.8. The predicted molar refractivity (Wildman–Crippen MR) is 90.9 cm³/mol. The third-order valence-corrected chi connectivity index (χ3v) is 3.98. The number of hydrogen-bond donors (Lipinski definition) is 1. The van der Waals surface area contributed by atoms with Gasteiger partial charge in [0.15, 0.2) is 17.2 Å². The number of ether oxygens (including phenoxy) is 1. The van der Waals surface area contributed by atoms with Gasteiger partial charge in [-0.2, -0.15) is 0 Å². The highest BCUT2D eigenvalue weighted by atomic mass is 16.5. The van der Waals surface area contributed by atoms with Crippen LogP contribution in [0, 0.1) is 5.92 Å². The van der Waals surface area contributed by atoms with E-state index < -0.39 is 0 Å². The minimum Gasteiger partial charge on any atom is -0.437 e. The molecule has 0 atom stereocenters. The average molecular weight is 336 g/mol. The molecule has 1 aliphatic rings. The van der Waals surface area contributed by atoms with Gasteiger partial charge in [0.05, 0.1) is 11.8 Å². The van der Waals surface area contributed by atoms with Gasteiger partial charge in [-0.25, -0.2) is 9.50 Å². The zero-order valence-corrected chi connectivity index (χ0v) is 13.6. The standard InChI is InChI=1S/C18H16N4O3/c1-11(23)13-4-2-3-5-14(13)25-17-9-8-16-19-15(10-22(16)21-17)20-18(24)12-6-7-12/h2-5,8-10,12H,6-7H2,1H3,(H,20,24). The Hall–Kier alpha value is -3.22. The van der Waals surface area contributed by atoms with Gasteiger partial charge < -0.3 is 10.1 Å². The number of nitrogens with zero attached hydrogens (tertiary/aromatic N) is 3. The van der Waals surface area contributed by atoms with Crippen LogP contribution in [0.15, 0.2) is 42.6 Å². The molecule has 0 spiro atoms. The number of carbonyl (C=O) groups is 2. The van der Waals surface area contributed by atoms with Crippen LogP contribution in [-0.2, 0) is 4.79 Å². The summed E-state index contributed by atoms with van der Waals surface area (Å²) in [5.41, 5.74) is 1.09. The number of Topliss-reactive ketones (excluding diaryl/α,β-unsaturated/α-hetero) is 1. The predicted octanol–water partition coefficient (Wildman–Crippen LogP) is 3.07. The summed E-state index contributed by atoms with van der Waals surface area (Å²) in [7, 11) is 0. The lowest BCUT2D eigenvalue weighted by Crippen LogP contribution is -2.13. The first-order valence-corrected chi connectivity index (χ1v) is 8.05. The van der Waals surface area contributed by atoms with Crippen LogP contribution in [-0.4, -0.2) is 26.3 Å². The van der Waals surface area contributed by atoms with Crippen LogP contribution in [0.25, 0.3) is 5.65 Å². The molecule has 0 radical (unpaired) electrons. The molecule has 2 aromatic heterocycles. The van der Waals surface area contributed by atoms with E-state index in [0.29, 0.717) is 28.7 Å². The van der Waals surface area contributed by atoms with E-state index in [2.05, 4.69) is 15.4 Å². The molecular formula is C18H16N4O3. The Kier molecular flexibility index (Phi) is 3.68. The number of carbonyl (C=O) groups excluding carboxylic acids is 2. The Morgan fingerprint density at radius 3 is 2.76 bits per heavy atom. The number of para-hydroxylation sites is 1. The molecule has 1 aromatic carbocycles. The Morgan fingerprint density at radius 1 is 1.20 bits per heavy atom. The molecule has 0 bridgehead atoms. The number of rotatable bonds is 5. The lowest BCUT2D eigenvalue weighted by atomic mass is 10.1. The number of hydrogen-bond acceptors (Lipinski definition) is 5. The minimum atomic E-state index is -0.0793. The maximum atomic E-state index is 11.8. The minimum absolute atomic E-state index is 0.00438. The second-order valence-electron chi connectivity index (χ2n) is 6.02. The van der Waals surface area contributed by atoms with Crippen LogP contribution >= 0.6 is 0 Å². The fourth-order valence-electron chi connectivity index (χ4n) is 2.51. The van der Waals surface area contributed by atoms with Crippen molar-refractivity contribution in [3.8, 4) is 11.6 Å². The van der Waals surface area contributed by atoms with Crippen molar-refractivity contribution < 1.29 is 14.3 Å². The summed E-state index contributed by atoms with van der Waals surface area (Å²) in [5, 5.41) is 7.12. The quantitative estimate of drug-likeness (QED) is 0.724. The smallest absolute Gasteiger partial charge is 0.237 e.